The minimum atomic E-state index is -0.781. The van der Waals surface area contributed by atoms with E-state index in [1.807, 2.05) is 6.92 Å². The third-order valence-corrected chi connectivity index (χ3v) is 6.65. The molecule has 3 fully saturated rings. The number of anilines is 1. The Morgan fingerprint density at radius 1 is 1.29 bits per heavy atom. The van der Waals surface area contributed by atoms with Gasteiger partial charge < -0.3 is 9.84 Å². The highest BCUT2D eigenvalue weighted by Crippen LogP contribution is 2.62. The SMILES string of the molecule is CC12CCC(CCO)(O1)C1C(=O)N(c3ccc(C#N)c4ncccc34)C(=O)[C@@H]12. The zero-order valence-corrected chi connectivity index (χ0v) is 15.4. The van der Waals surface area contributed by atoms with E-state index in [4.69, 9.17) is 4.74 Å². The zero-order chi connectivity index (χ0) is 19.7. The summed E-state index contributed by atoms with van der Waals surface area (Å²) < 4.78 is 6.22. The van der Waals surface area contributed by atoms with Crippen LogP contribution in [0.5, 0.6) is 0 Å². The third kappa shape index (κ3) is 1.96. The van der Waals surface area contributed by atoms with Crippen molar-refractivity contribution < 1.29 is 19.4 Å². The third-order valence-electron chi connectivity index (χ3n) is 6.65. The fourth-order valence-electron chi connectivity index (χ4n) is 5.48. The van der Waals surface area contributed by atoms with Gasteiger partial charge in [-0.1, -0.05) is 0 Å². The van der Waals surface area contributed by atoms with Crippen LogP contribution in [0, 0.1) is 23.2 Å². The van der Waals surface area contributed by atoms with E-state index in [1.54, 1.807) is 30.5 Å². The second-order valence-electron chi connectivity index (χ2n) is 8.06. The number of ether oxygens (including phenoxy) is 1. The maximum Gasteiger partial charge on any atom is 0.240 e. The standard InChI is InChI=1S/C21H19N3O4/c1-20-6-7-21(28-20,8-10-25)16-15(20)18(26)24(19(16)27)14-5-4-12(11-22)17-13(14)3-2-9-23-17/h2-5,9,15-16,25H,6-8,10H2,1H3/t15-,16?,20?,21?/m1/s1. The van der Waals surface area contributed by atoms with E-state index in [9.17, 15) is 20.0 Å². The van der Waals surface area contributed by atoms with Gasteiger partial charge in [-0.3, -0.25) is 14.6 Å². The van der Waals surface area contributed by atoms with Gasteiger partial charge in [0.05, 0.1) is 39.8 Å². The number of nitriles is 1. The predicted molar refractivity (Wildman–Crippen MR) is 99.1 cm³/mol. The minimum Gasteiger partial charge on any atom is -0.396 e. The number of amides is 2. The molecule has 28 heavy (non-hydrogen) atoms. The summed E-state index contributed by atoms with van der Waals surface area (Å²) in [6, 6.07) is 8.83. The number of aromatic nitrogens is 1. The number of aliphatic hydroxyl groups is 1. The lowest BCUT2D eigenvalue weighted by Crippen LogP contribution is -2.42. The summed E-state index contributed by atoms with van der Waals surface area (Å²) in [5, 5.41) is 19.5. The van der Waals surface area contributed by atoms with Gasteiger partial charge in [-0.2, -0.15) is 5.26 Å². The second-order valence-corrected chi connectivity index (χ2v) is 8.06. The molecule has 5 rings (SSSR count). The lowest BCUT2D eigenvalue weighted by atomic mass is 9.67. The van der Waals surface area contributed by atoms with Gasteiger partial charge in [-0.05, 0) is 44.0 Å². The Balaban J connectivity index is 1.67. The molecule has 3 saturated heterocycles. The number of carbonyl (C=O) groups excluding carboxylic acids is 2. The largest absolute Gasteiger partial charge is 0.396 e. The monoisotopic (exact) mass is 377 g/mol. The lowest BCUT2D eigenvalue weighted by Gasteiger charge is -2.30. The van der Waals surface area contributed by atoms with E-state index in [-0.39, 0.29) is 18.4 Å². The van der Waals surface area contributed by atoms with E-state index in [0.717, 1.165) is 0 Å². The van der Waals surface area contributed by atoms with Crippen molar-refractivity contribution in [2.75, 3.05) is 11.5 Å². The molecule has 3 aliphatic rings. The quantitative estimate of drug-likeness (QED) is 0.820. The number of benzene rings is 1. The Morgan fingerprint density at radius 3 is 2.82 bits per heavy atom. The van der Waals surface area contributed by atoms with Crippen molar-refractivity contribution >= 4 is 28.4 Å². The first-order chi connectivity index (χ1) is 13.5. The molecule has 0 spiro atoms. The van der Waals surface area contributed by atoms with Gasteiger partial charge >= 0.3 is 0 Å². The maximum absolute atomic E-state index is 13.5. The summed E-state index contributed by atoms with van der Waals surface area (Å²) >= 11 is 0. The van der Waals surface area contributed by atoms with Gasteiger partial charge in [-0.25, -0.2) is 4.90 Å². The van der Waals surface area contributed by atoms with Crippen molar-refractivity contribution in [1.29, 1.82) is 5.26 Å². The zero-order valence-electron chi connectivity index (χ0n) is 15.4. The summed E-state index contributed by atoms with van der Waals surface area (Å²) in [5.41, 5.74) is -0.159. The molecule has 7 heteroatoms. The summed E-state index contributed by atoms with van der Waals surface area (Å²) in [6.45, 7) is 1.80. The van der Waals surface area contributed by atoms with Crippen LogP contribution >= 0.6 is 0 Å². The minimum absolute atomic E-state index is 0.0928. The van der Waals surface area contributed by atoms with E-state index in [0.29, 0.717) is 41.4 Å². The Labute approximate surface area is 161 Å². The lowest BCUT2D eigenvalue weighted by molar-refractivity contribution is -0.131. The molecule has 4 atom stereocenters. The number of rotatable bonds is 3. The molecule has 2 aromatic rings. The number of hydrogen-bond donors (Lipinski definition) is 1. The summed E-state index contributed by atoms with van der Waals surface area (Å²) in [6.07, 6.45) is 3.28. The van der Waals surface area contributed by atoms with Crippen molar-refractivity contribution in [3.05, 3.63) is 36.0 Å². The highest BCUT2D eigenvalue weighted by molar-refractivity contribution is 6.26. The van der Waals surface area contributed by atoms with Crippen molar-refractivity contribution in [3.63, 3.8) is 0 Å². The van der Waals surface area contributed by atoms with Gasteiger partial charge in [-0.15, -0.1) is 0 Å². The first-order valence-electron chi connectivity index (χ1n) is 9.42. The molecular formula is C21H19N3O4. The molecular weight excluding hydrogens is 358 g/mol. The Morgan fingerprint density at radius 2 is 2.07 bits per heavy atom. The first kappa shape index (κ1) is 17.3. The van der Waals surface area contributed by atoms with Gasteiger partial charge in [0.15, 0.2) is 0 Å². The molecule has 3 unspecified atom stereocenters. The van der Waals surface area contributed by atoms with Crippen LogP contribution in [0.4, 0.5) is 5.69 Å². The fraction of sp³-hybridized carbons (Fsp3) is 0.429. The molecule has 4 heterocycles. The van der Waals surface area contributed by atoms with E-state index in [2.05, 4.69) is 11.1 Å². The van der Waals surface area contributed by atoms with Crippen LogP contribution in [0.15, 0.2) is 30.5 Å². The first-order valence-corrected chi connectivity index (χ1v) is 9.42. The van der Waals surface area contributed by atoms with Crippen LogP contribution in [0.25, 0.3) is 10.9 Å². The number of fused-ring (bicyclic) bond motifs is 6. The van der Waals surface area contributed by atoms with Gasteiger partial charge in [0, 0.05) is 24.6 Å². The highest BCUT2D eigenvalue weighted by Gasteiger charge is 2.73. The van der Waals surface area contributed by atoms with Crippen molar-refractivity contribution in [1.82, 2.24) is 4.98 Å². The van der Waals surface area contributed by atoms with E-state index in [1.165, 1.54) is 4.90 Å². The van der Waals surface area contributed by atoms with Crippen LogP contribution < -0.4 is 4.90 Å². The average Bonchev–Trinajstić information content (AvgIpc) is 3.26. The Hall–Kier alpha value is -2.82. The summed E-state index contributed by atoms with van der Waals surface area (Å²) in [4.78, 5) is 32.4. The molecule has 3 aliphatic heterocycles. The molecule has 1 aromatic heterocycles. The van der Waals surface area contributed by atoms with E-state index < -0.39 is 23.0 Å². The second kappa shape index (κ2) is 5.60. The van der Waals surface area contributed by atoms with Crippen LogP contribution in [0.3, 0.4) is 0 Å². The number of nitrogens with zero attached hydrogens (tertiary/aromatic N) is 3. The number of pyridine rings is 1. The van der Waals surface area contributed by atoms with Crippen molar-refractivity contribution in [2.45, 2.75) is 37.4 Å². The van der Waals surface area contributed by atoms with Crippen molar-refractivity contribution in [3.8, 4) is 6.07 Å². The number of hydrogen-bond acceptors (Lipinski definition) is 6. The van der Waals surface area contributed by atoms with Crippen molar-refractivity contribution in [2.24, 2.45) is 11.8 Å². The molecule has 1 N–H and O–H groups in total. The highest BCUT2D eigenvalue weighted by atomic mass is 16.5. The number of aliphatic hydroxyl groups excluding tert-OH is 1. The fourth-order valence-corrected chi connectivity index (χ4v) is 5.48. The van der Waals surface area contributed by atoms with Crippen LogP contribution in [0.2, 0.25) is 0 Å². The molecule has 142 valence electrons. The van der Waals surface area contributed by atoms with Gasteiger partial charge in [0.2, 0.25) is 11.8 Å². The van der Waals surface area contributed by atoms with Crippen LogP contribution in [0.1, 0.15) is 31.7 Å². The smallest absolute Gasteiger partial charge is 0.240 e. The molecule has 1 aromatic carbocycles. The summed E-state index contributed by atoms with van der Waals surface area (Å²) in [7, 11) is 0. The predicted octanol–water partition coefficient (Wildman–Crippen LogP) is 1.92. The number of imide groups is 1. The van der Waals surface area contributed by atoms with Gasteiger partial charge in [0.1, 0.15) is 6.07 Å². The van der Waals surface area contributed by atoms with E-state index >= 15 is 0 Å². The molecule has 0 aliphatic carbocycles. The molecule has 7 nitrogen and oxygen atoms in total. The topological polar surface area (TPSA) is 104 Å². The van der Waals surface area contributed by atoms with Gasteiger partial charge in [0.25, 0.3) is 0 Å². The summed E-state index contributed by atoms with van der Waals surface area (Å²) in [5.74, 6) is -1.70. The molecule has 2 amide bonds. The van der Waals surface area contributed by atoms with Crippen LogP contribution in [-0.2, 0) is 14.3 Å². The average molecular weight is 377 g/mol. The maximum atomic E-state index is 13.5. The Kier molecular flexibility index (Phi) is 3.46. The number of carbonyl (C=O) groups is 2. The normalized spacial score (nSPS) is 33.5. The van der Waals surface area contributed by atoms with Crippen LogP contribution in [-0.4, -0.2) is 39.7 Å². The Bertz CT molecular complexity index is 1070. The molecule has 0 saturated carbocycles. The molecule has 0 radical (unpaired) electrons. The molecule has 2 bridgehead atoms.